The van der Waals surface area contributed by atoms with Gasteiger partial charge in [0.05, 0.1) is 5.92 Å². The van der Waals surface area contributed by atoms with E-state index in [2.05, 4.69) is 15.3 Å². The number of anilines is 2. The van der Waals surface area contributed by atoms with E-state index in [0.29, 0.717) is 24.1 Å². The number of hydrogen-bond acceptors (Lipinski definition) is 6. The van der Waals surface area contributed by atoms with Crippen molar-refractivity contribution in [1.29, 1.82) is 0 Å². The van der Waals surface area contributed by atoms with Gasteiger partial charge < -0.3 is 15.6 Å². The van der Waals surface area contributed by atoms with Crippen molar-refractivity contribution in [2.75, 3.05) is 17.7 Å². The average Bonchev–Trinajstić information content (AvgIpc) is 3.29. The van der Waals surface area contributed by atoms with Crippen LogP contribution in [0, 0.1) is 11.8 Å². The third kappa shape index (κ3) is 5.01. The summed E-state index contributed by atoms with van der Waals surface area (Å²) in [6, 6.07) is 2.02. The van der Waals surface area contributed by atoms with Gasteiger partial charge in [-0.25, -0.2) is 14.8 Å². The van der Waals surface area contributed by atoms with Crippen molar-refractivity contribution in [2.24, 2.45) is 18.9 Å². The largest absolute Gasteiger partial charge is 0.384 e. The Labute approximate surface area is 205 Å². The number of urea groups is 1. The molecule has 35 heavy (non-hydrogen) atoms. The predicted molar refractivity (Wildman–Crippen MR) is 132 cm³/mol. The SMILES string of the molecule is CC[C@@H](NC(=O)N1C(=O)[C@H](Cc2ccnc(N)c2)[C@H]1C(=O)N(C)c1nccn1C)C1CCCCC1. The number of likely N-dealkylation sites (tertiary alicyclic amines) is 1. The lowest BCUT2D eigenvalue weighted by Crippen LogP contribution is -2.71. The van der Waals surface area contributed by atoms with Crippen molar-refractivity contribution in [3.63, 3.8) is 0 Å². The van der Waals surface area contributed by atoms with Crippen LogP contribution in [0.2, 0.25) is 0 Å². The molecule has 4 rings (SSSR count). The number of amides is 4. The number of rotatable bonds is 7. The van der Waals surface area contributed by atoms with Gasteiger partial charge in [0.15, 0.2) is 0 Å². The zero-order valence-corrected chi connectivity index (χ0v) is 20.7. The van der Waals surface area contributed by atoms with Crippen LogP contribution >= 0.6 is 0 Å². The number of aromatic nitrogens is 3. The number of nitrogen functional groups attached to an aromatic ring is 1. The molecule has 3 atom stereocenters. The Morgan fingerprint density at radius 1 is 1.23 bits per heavy atom. The van der Waals surface area contributed by atoms with Gasteiger partial charge in [0.2, 0.25) is 11.9 Å². The molecule has 2 aromatic heterocycles. The maximum absolute atomic E-state index is 13.6. The molecule has 1 saturated heterocycles. The van der Waals surface area contributed by atoms with Crippen LogP contribution in [0.15, 0.2) is 30.7 Å². The monoisotopic (exact) mass is 481 g/mol. The number of β-lactam (4-membered cyclic amide) rings is 1. The third-order valence-electron chi connectivity index (χ3n) is 7.38. The summed E-state index contributed by atoms with van der Waals surface area (Å²) in [6.07, 6.45) is 11.7. The van der Waals surface area contributed by atoms with Crippen LogP contribution in [0.5, 0.6) is 0 Å². The van der Waals surface area contributed by atoms with E-state index in [1.807, 2.05) is 6.92 Å². The molecule has 10 heteroatoms. The summed E-state index contributed by atoms with van der Waals surface area (Å²) in [4.78, 5) is 51.0. The molecule has 3 heterocycles. The molecule has 4 amide bonds. The highest BCUT2D eigenvalue weighted by Gasteiger charge is 2.55. The number of pyridine rings is 1. The number of hydrogen-bond donors (Lipinski definition) is 2. The predicted octanol–water partition coefficient (Wildman–Crippen LogP) is 2.50. The molecule has 0 radical (unpaired) electrons. The van der Waals surface area contributed by atoms with Crippen molar-refractivity contribution in [3.05, 3.63) is 36.3 Å². The van der Waals surface area contributed by atoms with Crippen LogP contribution in [0.25, 0.3) is 0 Å². The number of aryl methyl sites for hydroxylation is 1. The number of nitrogens with two attached hydrogens (primary N) is 1. The van der Waals surface area contributed by atoms with E-state index in [9.17, 15) is 14.4 Å². The van der Waals surface area contributed by atoms with Gasteiger partial charge in [-0.1, -0.05) is 26.2 Å². The van der Waals surface area contributed by atoms with Crippen LogP contribution in [0.1, 0.15) is 51.0 Å². The maximum atomic E-state index is 13.6. The molecule has 0 spiro atoms. The van der Waals surface area contributed by atoms with Crippen LogP contribution in [-0.2, 0) is 23.1 Å². The lowest BCUT2D eigenvalue weighted by molar-refractivity contribution is -0.156. The molecule has 2 aromatic rings. The summed E-state index contributed by atoms with van der Waals surface area (Å²) in [7, 11) is 3.40. The number of carbonyl (C=O) groups excluding carboxylic acids is 3. The molecule has 188 valence electrons. The summed E-state index contributed by atoms with van der Waals surface area (Å²) < 4.78 is 1.72. The molecule has 0 aromatic carbocycles. The van der Waals surface area contributed by atoms with E-state index >= 15 is 0 Å². The van der Waals surface area contributed by atoms with E-state index < -0.39 is 18.0 Å². The first-order valence-corrected chi connectivity index (χ1v) is 12.4. The Bertz CT molecular complexity index is 1080. The van der Waals surface area contributed by atoms with Crippen LogP contribution in [0.3, 0.4) is 0 Å². The minimum atomic E-state index is -0.928. The van der Waals surface area contributed by atoms with Gasteiger partial charge in [0, 0.05) is 38.7 Å². The number of imidazole rings is 1. The number of carbonyl (C=O) groups is 3. The summed E-state index contributed by atoms with van der Waals surface area (Å²) >= 11 is 0. The third-order valence-corrected chi connectivity index (χ3v) is 7.38. The fraction of sp³-hybridized carbons (Fsp3) is 0.560. The van der Waals surface area contributed by atoms with Crippen LogP contribution in [0.4, 0.5) is 16.6 Å². The minimum Gasteiger partial charge on any atom is -0.384 e. The summed E-state index contributed by atoms with van der Waals surface area (Å²) in [5.41, 5.74) is 6.61. The molecular formula is C25H35N7O3. The molecule has 10 nitrogen and oxygen atoms in total. The summed E-state index contributed by atoms with van der Waals surface area (Å²) in [5, 5.41) is 3.08. The molecule has 3 N–H and O–H groups in total. The quantitative estimate of drug-likeness (QED) is 0.585. The first kappa shape index (κ1) is 24.7. The fourth-order valence-electron chi connectivity index (χ4n) is 5.43. The second kappa shape index (κ2) is 10.5. The number of likely N-dealkylation sites (N-methyl/N-ethyl adjacent to an activating group) is 1. The topological polar surface area (TPSA) is 126 Å². The Kier molecular flexibility index (Phi) is 7.37. The summed E-state index contributed by atoms with van der Waals surface area (Å²) in [5.74, 6) is -0.207. The number of imide groups is 1. The zero-order valence-electron chi connectivity index (χ0n) is 20.7. The molecular weight excluding hydrogens is 446 g/mol. The second-order valence-electron chi connectivity index (χ2n) is 9.65. The normalized spacial score (nSPS) is 21.3. The van der Waals surface area contributed by atoms with Crippen LogP contribution < -0.4 is 16.0 Å². The first-order chi connectivity index (χ1) is 16.8. The van der Waals surface area contributed by atoms with E-state index in [-0.39, 0.29) is 17.9 Å². The van der Waals surface area contributed by atoms with Crippen molar-refractivity contribution in [1.82, 2.24) is 24.8 Å². The molecule has 2 fully saturated rings. The standard InChI is InChI=1S/C25H35N7O3/c1-4-19(17-8-6-5-7-9-17)29-25(35)32-21(23(34)31(3)24-28-12-13-30(24)2)18(22(32)33)14-16-10-11-27-20(26)15-16/h10-13,15,17-19,21H,4-9,14H2,1-3H3,(H2,26,27)(H,29,35)/t18-,19-,21+/m1/s1. The molecule has 1 saturated carbocycles. The number of nitrogens with zero attached hydrogens (tertiary/aromatic N) is 5. The molecule has 0 unspecified atom stereocenters. The molecule has 1 aliphatic carbocycles. The van der Waals surface area contributed by atoms with E-state index in [4.69, 9.17) is 5.73 Å². The Hall–Kier alpha value is -3.43. The van der Waals surface area contributed by atoms with Crippen molar-refractivity contribution < 1.29 is 14.4 Å². The van der Waals surface area contributed by atoms with Gasteiger partial charge in [-0.05, 0) is 49.3 Å². The highest BCUT2D eigenvalue weighted by atomic mass is 16.2. The van der Waals surface area contributed by atoms with Gasteiger partial charge in [-0.3, -0.25) is 19.4 Å². The minimum absolute atomic E-state index is 0.0160. The molecule has 1 aliphatic heterocycles. The Morgan fingerprint density at radius 2 is 1.97 bits per heavy atom. The molecule has 0 bridgehead atoms. The molecule has 2 aliphatic rings. The zero-order chi connectivity index (χ0) is 25.1. The van der Waals surface area contributed by atoms with E-state index in [1.165, 1.54) is 11.3 Å². The van der Waals surface area contributed by atoms with Gasteiger partial charge >= 0.3 is 6.03 Å². The highest BCUT2D eigenvalue weighted by Crippen LogP contribution is 2.34. The van der Waals surface area contributed by atoms with Crippen molar-refractivity contribution in [2.45, 2.75) is 64.0 Å². The summed E-state index contributed by atoms with van der Waals surface area (Å²) in [6.45, 7) is 2.05. The lowest BCUT2D eigenvalue weighted by Gasteiger charge is -2.46. The van der Waals surface area contributed by atoms with E-state index in [0.717, 1.165) is 42.6 Å². The highest BCUT2D eigenvalue weighted by molar-refractivity contribution is 6.12. The van der Waals surface area contributed by atoms with Gasteiger partial charge in [0.25, 0.3) is 5.91 Å². The van der Waals surface area contributed by atoms with Gasteiger partial charge in [-0.15, -0.1) is 0 Å². The van der Waals surface area contributed by atoms with Crippen molar-refractivity contribution >= 4 is 29.6 Å². The average molecular weight is 482 g/mol. The smallest absolute Gasteiger partial charge is 0.325 e. The number of nitrogens with one attached hydrogen (secondary N) is 1. The van der Waals surface area contributed by atoms with Gasteiger partial charge in [0.1, 0.15) is 11.9 Å². The lowest BCUT2D eigenvalue weighted by atomic mass is 9.81. The van der Waals surface area contributed by atoms with Crippen molar-refractivity contribution in [3.8, 4) is 0 Å². The van der Waals surface area contributed by atoms with Gasteiger partial charge in [-0.2, -0.15) is 0 Å². The first-order valence-electron chi connectivity index (χ1n) is 12.4. The Morgan fingerprint density at radius 3 is 2.60 bits per heavy atom. The maximum Gasteiger partial charge on any atom is 0.325 e. The Balaban J connectivity index is 1.56. The second-order valence-corrected chi connectivity index (χ2v) is 9.65. The fourth-order valence-corrected chi connectivity index (χ4v) is 5.43. The van der Waals surface area contributed by atoms with E-state index in [1.54, 1.807) is 49.4 Å². The van der Waals surface area contributed by atoms with Crippen LogP contribution in [-0.4, -0.2) is 56.4 Å².